The second-order valence-corrected chi connectivity index (χ2v) is 5.03. The van der Waals surface area contributed by atoms with E-state index in [0.29, 0.717) is 4.99 Å². The van der Waals surface area contributed by atoms with Gasteiger partial charge in [0.2, 0.25) is 0 Å². The smallest absolute Gasteiger partial charge is 0.152 e. The molecule has 0 unspecified atom stereocenters. The normalized spacial score (nSPS) is 10.3. The van der Waals surface area contributed by atoms with Gasteiger partial charge in [-0.25, -0.2) is 0 Å². The van der Waals surface area contributed by atoms with E-state index in [4.69, 9.17) is 18.0 Å². The summed E-state index contributed by atoms with van der Waals surface area (Å²) in [5.41, 5.74) is 7.37. The van der Waals surface area contributed by atoms with Crippen LogP contribution in [0.15, 0.2) is 34.9 Å². The number of thiocarbonyl (C=S) groups is 1. The maximum Gasteiger partial charge on any atom is 0.152 e. The third-order valence-corrected chi connectivity index (χ3v) is 3.35. The lowest BCUT2D eigenvalue weighted by Crippen LogP contribution is -2.10. The number of nitrogens with zero attached hydrogens (tertiary/aromatic N) is 2. The highest BCUT2D eigenvalue weighted by molar-refractivity contribution is 9.10. The molecule has 0 aliphatic rings. The van der Waals surface area contributed by atoms with Crippen LogP contribution >= 0.6 is 28.1 Å². The van der Waals surface area contributed by atoms with Gasteiger partial charge in [-0.3, -0.25) is 4.68 Å². The summed E-state index contributed by atoms with van der Waals surface area (Å²) in [6.45, 7) is 2.90. The van der Waals surface area contributed by atoms with Crippen LogP contribution in [0.2, 0.25) is 0 Å². The van der Waals surface area contributed by atoms with E-state index in [0.717, 1.165) is 28.1 Å². The van der Waals surface area contributed by atoms with Crippen molar-refractivity contribution in [2.24, 2.45) is 5.73 Å². The standard InChI is InChI=1S/C12H13BrN4S/c1-2-17-6-5-11(16-17)15-8-3-4-9(12(14)18)10(13)7-8/h3-7H,2H2,1H3,(H2,14,18)(H,15,16). The van der Waals surface area contributed by atoms with Gasteiger partial charge in [0, 0.05) is 34.5 Å². The lowest BCUT2D eigenvalue weighted by atomic mass is 10.2. The van der Waals surface area contributed by atoms with Crippen molar-refractivity contribution < 1.29 is 0 Å². The van der Waals surface area contributed by atoms with E-state index in [1.807, 2.05) is 42.1 Å². The molecule has 1 heterocycles. The second-order valence-electron chi connectivity index (χ2n) is 3.74. The Balaban J connectivity index is 2.19. The zero-order valence-corrected chi connectivity index (χ0v) is 12.3. The minimum atomic E-state index is 0.378. The van der Waals surface area contributed by atoms with Crippen molar-refractivity contribution in [2.45, 2.75) is 13.5 Å². The summed E-state index contributed by atoms with van der Waals surface area (Å²) in [6.07, 6.45) is 1.93. The molecule has 0 aliphatic heterocycles. The van der Waals surface area contributed by atoms with Crippen LogP contribution in [0, 0.1) is 0 Å². The topological polar surface area (TPSA) is 55.9 Å². The monoisotopic (exact) mass is 324 g/mol. The number of hydrogen-bond acceptors (Lipinski definition) is 3. The van der Waals surface area contributed by atoms with Crippen LogP contribution in [-0.2, 0) is 6.54 Å². The highest BCUT2D eigenvalue weighted by Gasteiger charge is 2.05. The highest BCUT2D eigenvalue weighted by atomic mass is 79.9. The van der Waals surface area contributed by atoms with Crippen LogP contribution in [0.1, 0.15) is 12.5 Å². The van der Waals surface area contributed by atoms with E-state index in [-0.39, 0.29) is 0 Å². The Morgan fingerprint density at radius 3 is 2.83 bits per heavy atom. The summed E-state index contributed by atoms with van der Waals surface area (Å²) in [5, 5.41) is 7.57. The van der Waals surface area contributed by atoms with Crippen molar-refractivity contribution in [3.05, 3.63) is 40.5 Å². The molecule has 0 saturated heterocycles. The van der Waals surface area contributed by atoms with Crippen molar-refractivity contribution in [3.8, 4) is 0 Å². The Bertz CT molecular complexity index is 579. The quantitative estimate of drug-likeness (QED) is 0.849. The molecule has 0 aliphatic carbocycles. The molecule has 0 bridgehead atoms. The summed E-state index contributed by atoms with van der Waals surface area (Å²) in [7, 11) is 0. The van der Waals surface area contributed by atoms with Crippen LogP contribution < -0.4 is 11.1 Å². The van der Waals surface area contributed by atoms with Crippen LogP contribution in [-0.4, -0.2) is 14.8 Å². The zero-order valence-electron chi connectivity index (χ0n) is 9.85. The number of hydrogen-bond donors (Lipinski definition) is 2. The van der Waals surface area contributed by atoms with Crippen molar-refractivity contribution in [3.63, 3.8) is 0 Å². The molecule has 0 amide bonds. The third kappa shape index (κ3) is 2.88. The number of aryl methyl sites for hydroxylation is 1. The van der Waals surface area contributed by atoms with E-state index < -0.39 is 0 Å². The predicted octanol–water partition coefficient (Wildman–Crippen LogP) is 3.04. The minimum Gasteiger partial charge on any atom is -0.389 e. The molecule has 18 heavy (non-hydrogen) atoms. The van der Waals surface area contributed by atoms with E-state index in [2.05, 4.69) is 26.3 Å². The van der Waals surface area contributed by atoms with Gasteiger partial charge in [-0.1, -0.05) is 12.2 Å². The Kier molecular flexibility index (Phi) is 3.98. The van der Waals surface area contributed by atoms with Gasteiger partial charge in [0.05, 0.1) is 0 Å². The minimum absolute atomic E-state index is 0.378. The number of halogens is 1. The second kappa shape index (κ2) is 5.49. The summed E-state index contributed by atoms with van der Waals surface area (Å²) >= 11 is 8.40. The molecular weight excluding hydrogens is 312 g/mol. The van der Waals surface area contributed by atoms with Gasteiger partial charge in [0.15, 0.2) is 5.82 Å². The first kappa shape index (κ1) is 13.0. The zero-order chi connectivity index (χ0) is 13.1. The fourth-order valence-electron chi connectivity index (χ4n) is 1.55. The molecule has 0 fully saturated rings. The van der Waals surface area contributed by atoms with Gasteiger partial charge in [-0.15, -0.1) is 0 Å². The Hall–Kier alpha value is -1.40. The lowest BCUT2D eigenvalue weighted by molar-refractivity contribution is 0.662. The van der Waals surface area contributed by atoms with Gasteiger partial charge < -0.3 is 11.1 Å². The van der Waals surface area contributed by atoms with Crippen molar-refractivity contribution >= 4 is 44.6 Å². The number of aromatic nitrogens is 2. The number of anilines is 2. The number of benzene rings is 1. The summed E-state index contributed by atoms with van der Waals surface area (Å²) in [6, 6.07) is 7.66. The molecule has 0 saturated carbocycles. The SMILES string of the molecule is CCn1ccc(Nc2ccc(C(N)=S)c(Br)c2)n1. The third-order valence-electron chi connectivity index (χ3n) is 2.47. The average Bonchev–Trinajstić information content (AvgIpc) is 2.76. The highest BCUT2D eigenvalue weighted by Crippen LogP contribution is 2.23. The summed E-state index contributed by atoms with van der Waals surface area (Å²) < 4.78 is 2.73. The van der Waals surface area contributed by atoms with Crippen molar-refractivity contribution in [2.75, 3.05) is 5.32 Å². The Labute approximate surface area is 119 Å². The van der Waals surface area contributed by atoms with E-state index in [1.54, 1.807) is 0 Å². The molecule has 2 rings (SSSR count). The van der Waals surface area contributed by atoms with Gasteiger partial charge >= 0.3 is 0 Å². The lowest BCUT2D eigenvalue weighted by Gasteiger charge is -2.07. The van der Waals surface area contributed by atoms with E-state index >= 15 is 0 Å². The van der Waals surface area contributed by atoms with Crippen molar-refractivity contribution in [1.29, 1.82) is 0 Å². The fourth-order valence-corrected chi connectivity index (χ4v) is 2.45. The molecule has 6 heteroatoms. The Morgan fingerprint density at radius 1 is 1.50 bits per heavy atom. The molecule has 1 aromatic heterocycles. The van der Waals surface area contributed by atoms with Gasteiger partial charge in [-0.05, 0) is 41.1 Å². The number of nitrogens with two attached hydrogens (primary N) is 1. The van der Waals surface area contributed by atoms with Crippen LogP contribution in [0.4, 0.5) is 11.5 Å². The molecule has 0 spiro atoms. The van der Waals surface area contributed by atoms with Crippen LogP contribution in [0.25, 0.3) is 0 Å². The molecule has 94 valence electrons. The van der Waals surface area contributed by atoms with E-state index in [9.17, 15) is 0 Å². The largest absolute Gasteiger partial charge is 0.389 e. The van der Waals surface area contributed by atoms with Crippen LogP contribution in [0.5, 0.6) is 0 Å². The first-order valence-electron chi connectivity index (χ1n) is 5.50. The van der Waals surface area contributed by atoms with Gasteiger partial charge in [0.25, 0.3) is 0 Å². The summed E-state index contributed by atoms with van der Waals surface area (Å²) in [4.78, 5) is 0.378. The molecule has 0 radical (unpaired) electrons. The molecule has 1 aromatic carbocycles. The predicted molar refractivity (Wildman–Crippen MR) is 81.2 cm³/mol. The number of nitrogens with one attached hydrogen (secondary N) is 1. The number of rotatable bonds is 4. The van der Waals surface area contributed by atoms with Gasteiger partial charge in [0.1, 0.15) is 4.99 Å². The molecule has 4 nitrogen and oxygen atoms in total. The average molecular weight is 325 g/mol. The van der Waals surface area contributed by atoms with E-state index in [1.165, 1.54) is 0 Å². The van der Waals surface area contributed by atoms with Gasteiger partial charge in [-0.2, -0.15) is 5.10 Å². The molecular formula is C12H13BrN4S. The van der Waals surface area contributed by atoms with Crippen molar-refractivity contribution in [1.82, 2.24) is 9.78 Å². The maximum absolute atomic E-state index is 5.60. The molecule has 0 atom stereocenters. The van der Waals surface area contributed by atoms with Crippen LogP contribution in [0.3, 0.4) is 0 Å². The molecule has 2 aromatic rings. The maximum atomic E-state index is 5.60. The Morgan fingerprint density at radius 2 is 2.28 bits per heavy atom. The first-order valence-corrected chi connectivity index (χ1v) is 6.70. The summed E-state index contributed by atoms with van der Waals surface area (Å²) in [5.74, 6) is 0.812. The fraction of sp³-hybridized carbons (Fsp3) is 0.167. The first-order chi connectivity index (χ1) is 8.60. The molecule has 3 N–H and O–H groups in total.